The summed E-state index contributed by atoms with van der Waals surface area (Å²) in [6, 6.07) is 1.50. The van der Waals surface area contributed by atoms with Crippen molar-refractivity contribution in [3.8, 4) is 5.88 Å². The van der Waals surface area contributed by atoms with Crippen molar-refractivity contribution in [2.24, 2.45) is 0 Å². The Bertz CT molecular complexity index is 508. The summed E-state index contributed by atoms with van der Waals surface area (Å²) in [5.41, 5.74) is -0.0752. The highest BCUT2D eigenvalue weighted by molar-refractivity contribution is 5.89. The Kier molecular flexibility index (Phi) is 4.90. The number of aliphatic carboxylic acids is 1. The molecule has 0 saturated heterocycles. The minimum atomic E-state index is -1.02. The molecule has 20 heavy (non-hydrogen) atoms. The molecule has 0 aliphatic heterocycles. The van der Waals surface area contributed by atoms with E-state index in [-0.39, 0.29) is 18.0 Å². The molecule has 0 radical (unpaired) electrons. The second-order valence-electron chi connectivity index (χ2n) is 5.05. The lowest BCUT2D eigenvalue weighted by Gasteiger charge is -2.20. The van der Waals surface area contributed by atoms with Crippen molar-refractivity contribution in [1.82, 2.24) is 4.98 Å². The molecule has 2 N–H and O–H groups in total. The maximum Gasteiger partial charge on any atom is 0.412 e. The first-order valence-corrected chi connectivity index (χ1v) is 5.96. The molecule has 0 unspecified atom stereocenters. The van der Waals surface area contributed by atoms with Crippen molar-refractivity contribution in [3.05, 3.63) is 17.8 Å². The third-order valence-corrected chi connectivity index (χ3v) is 2.16. The normalized spacial score (nSPS) is 10.8. The zero-order valence-electron chi connectivity index (χ0n) is 11.9. The fourth-order valence-electron chi connectivity index (χ4n) is 1.48. The van der Waals surface area contributed by atoms with E-state index in [0.29, 0.717) is 5.56 Å². The Hall–Kier alpha value is -2.31. The van der Waals surface area contributed by atoms with E-state index in [1.54, 1.807) is 20.8 Å². The lowest BCUT2D eigenvalue weighted by Crippen LogP contribution is -2.28. The number of methoxy groups -OCH3 is 1. The van der Waals surface area contributed by atoms with Crippen LogP contribution >= 0.6 is 0 Å². The molecular weight excluding hydrogens is 264 g/mol. The van der Waals surface area contributed by atoms with Gasteiger partial charge in [0.1, 0.15) is 11.3 Å². The number of aromatic nitrogens is 1. The molecule has 1 rings (SSSR count). The second-order valence-corrected chi connectivity index (χ2v) is 5.05. The Balaban J connectivity index is 3.02. The summed E-state index contributed by atoms with van der Waals surface area (Å²) in [7, 11) is 1.38. The first kappa shape index (κ1) is 15.7. The highest BCUT2D eigenvalue weighted by Crippen LogP contribution is 2.27. The second kappa shape index (κ2) is 6.23. The van der Waals surface area contributed by atoms with E-state index in [1.165, 1.54) is 19.4 Å². The molecule has 7 heteroatoms. The molecular formula is C13H18N2O5. The average Bonchev–Trinajstić information content (AvgIpc) is 2.28. The topological polar surface area (TPSA) is 97.8 Å². The van der Waals surface area contributed by atoms with Crippen molar-refractivity contribution >= 4 is 17.7 Å². The predicted molar refractivity (Wildman–Crippen MR) is 72.0 cm³/mol. The number of carboxylic acids is 1. The quantitative estimate of drug-likeness (QED) is 0.877. The van der Waals surface area contributed by atoms with Gasteiger partial charge in [-0.2, -0.15) is 0 Å². The van der Waals surface area contributed by atoms with Gasteiger partial charge in [0.05, 0.1) is 13.5 Å². The SMILES string of the molecule is COc1nccc(CC(=O)O)c1NC(=O)OC(C)(C)C. The summed E-state index contributed by atoms with van der Waals surface area (Å²) in [5.74, 6) is -0.889. The summed E-state index contributed by atoms with van der Waals surface area (Å²) in [5, 5.41) is 11.4. The van der Waals surface area contributed by atoms with Crippen LogP contribution in [0.3, 0.4) is 0 Å². The molecule has 1 heterocycles. The molecule has 0 bridgehead atoms. The van der Waals surface area contributed by atoms with Crippen molar-refractivity contribution in [1.29, 1.82) is 0 Å². The van der Waals surface area contributed by atoms with Crippen LogP contribution in [0, 0.1) is 0 Å². The lowest BCUT2D eigenvalue weighted by molar-refractivity contribution is -0.136. The van der Waals surface area contributed by atoms with Gasteiger partial charge in [0.2, 0.25) is 5.88 Å². The third-order valence-electron chi connectivity index (χ3n) is 2.16. The molecule has 0 aromatic carbocycles. The van der Waals surface area contributed by atoms with E-state index < -0.39 is 17.7 Å². The van der Waals surface area contributed by atoms with Crippen LogP contribution in [-0.4, -0.2) is 34.9 Å². The predicted octanol–water partition coefficient (Wildman–Crippen LogP) is 2.06. The van der Waals surface area contributed by atoms with Crippen molar-refractivity contribution < 1.29 is 24.2 Å². The fraction of sp³-hybridized carbons (Fsp3) is 0.462. The number of nitrogens with one attached hydrogen (secondary N) is 1. The number of amides is 1. The molecule has 0 atom stereocenters. The minimum Gasteiger partial charge on any atom is -0.481 e. The highest BCUT2D eigenvalue weighted by atomic mass is 16.6. The number of hydrogen-bond donors (Lipinski definition) is 2. The number of ether oxygens (including phenoxy) is 2. The maximum absolute atomic E-state index is 11.8. The van der Waals surface area contributed by atoms with E-state index in [4.69, 9.17) is 14.6 Å². The number of carboxylic acid groups (broad SMARTS) is 1. The molecule has 0 spiro atoms. The Morgan fingerprint density at radius 2 is 2.05 bits per heavy atom. The van der Waals surface area contributed by atoms with Crippen LogP contribution < -0.4 is 10.1 Å². The zero-order chi connectivity index (χ0) is 15.3. The summed E-state index contributed by atoms with van der Waals surface area (Å²) >= 11 is 0. The van der Waals surface area contributed by atoms with Crippen LogP contribution in [0.1, 0.15) is 26.3 Å². The number of anilines is 1. The van der Waals surface area contributed by atoms with Gasteiger partial charge < -0.3 is 14.6 Å². The standard InChI is InChI=1S/C13H18N2O5/c1-13(2,3)20-12(18)15-10-8(7-9(16)17)5-6-14-11(10)19-4/h5-6H,7H2,1-4H3,(H,15,18)(H,16,17). The van der Waals surface area contributed by atoms with Crippen LogP contribution in [0.25, 0.3) is 0 Å². The van der Waals surface area contributed by atoms with Gasteiger partial charge >= 0.3 is 12.1 Å². The molecule has 110 valence electrons. The van der Waals surface area contributed by atoms with Crippen LogP contribution in [0.4, 0.5) is 10.5 Å². The monoisotopic (exact) mass is 282 g/mol. The number of nitrogens with zero attached hydrogens (tertiary/aromatic N) is 1. The Morgan fingerprint density at radius 3 is 2.55 bits per heavy atom. The van der Waals surface area contributed by atoms with Crippen molar-refractivity contribution in [2.45, 2.75) is 32.8 Å². The smallest absolute Gasteiger partial charge is 0.412 e. The minimum absolute atomic E-state index is 0.134. The van der Waals surface area contributed by atoms with Gasteiger partial charge in [-0.15, -0.1) is 0 Å². The average molecular weight is 282 g/mol. The molecule has 0 saturated carbocycles. The molecule has 0 fully saturated rings. The number of rotatable bonds is 4. The van der Waals surface area contributed by atoms with Crippen molar-refractivity contribution in [3.63, 3.8) is 0 Å². The van der Waals surface area contributed by atoms with Gasteiger partial charge in [0, 0.05) is 6.20 Å². The van der Waals surface area contributed by atoms with Gasteiger partial charge in [-0.05, 0) is 32.4 Å². The molecule has 7 nitrogen and oxygen atoms in total. The van der Waals surface area contributed by atoms with E-state index in [2.05, 4.69) is 10.3 Å². The Labute approximate surface area is 116 Å². The summed E-state index contributed by atoms with van der Waals surface area (Å²) < 4.78 is 10.1. The van der Waals surface area contributed by atoms with Gasteiger partial charge in [-0.1, -0.05) is 0 Å². The molecule has 1 aromatic heterocycles. The van der Waals surface area contributed by atoms with E-state index in [9.17, 15) is 9.59 Å². The van der Waals surface area contributed by atoms with E-state index in [1.807, 2.05) is 0 Å². The van der Waals surface area contributed by atoms with Crippen LogP contribution in [-0.2, 0) is 16.0 Å². The number of pyridine rings is 1. The van der Waals surface area contributed by atoms with Crippen LogP contribution in [0.5, 0.6) is 5.88 Å². The van der Waals surface area contributed by atoms with Gasteiger partial charge in [0.15, 0.2) is 0 Å². The maximum atomic E-state index is 11.8. The lowest BCUT2D eigenvalue weighted by atomic mass is 10.1. The largest absolute Gasteiger partial charge is 0.481 e. The van der Waals surface area contributed by atoms with Gasteiger partial charge in [-0.3, -0.25) is 10.1 Å². The first-order valence-electron chi connectivity index (χ1n) is 5.96. The van der Waals surface area contributed by atoms with Crippen LogP contribution in [0.15, 0.2) is 12.3 Å². The summed E-state index contributed by atoms with van der Waals surface area (Å²) in [6.07, 6.45) is 0.455. The molecule has 1 aromatic rings. The first-order chi connectivity index (χ1) is 9.23. The fourth-order valence-corrected chi connectivity index (χ4v) is 1.48. The number of carbonyl (C=O) groups is 2. The van der Waals surface area contributed by atoms with E-state index in [0.717, 1.165) is 0 Å². The van der Waals surface area contributed by atoms with Crippen LogP contribution in [0.2, 0.25) is 0 Å². The zero-order valence-corrected chi connectivity index (χ0v) is 11.9. The third kappa shape index (κ3) is 4.75. The highest BCUT2D eigenvalue weighted by Gasteiger charge is 2.20. The van der Waals surface area contributed by atoms with Crippen molar-refractivity contribution in [2.75, 3.05) is 12.4 Å². The molecule has 1 amide bonds. The van der Waals surface area contributed by atoms with E-state index >= 15 is 0 Å². The Morgan fingerprint density at radius 1 is 1.40 bits per heavy atom. The molecule has 0 aliphatic rings. The van der Waals surface area contributed by atoms with Gasteiger partial charge in [-0.25, -0.2) is 9.78 Å². The number of hydrogen-bond acceptors (Lipinski definition) is 5. The summed E-state index contributed by atoms with van der Waals surface area (Å²) in [4.78, 5) is 26.5. The van der Waals surface area contributed by atoms with Gasteiger partial charge in [0.25, 0.3) is 0 Å². The summed E-state index contributed by atoms with van der Waals surface area (Å²) in [6.45, 7) is 5.18. The molecule has 0 aliphatic carbocycles. The number of carbonyl (C=O) groups excluding carboxylic acids is 1.